The van der Waals surface area contributed by atoms with Crippen LogP contribution in [-0.4, -0.2) is 18.0 Å². The number of aryl methyl sites for hydroxylation is 1. The smallest absolute Gasteiger partial charge is 0.257 e. The van der Waals surface area contributed by atoms with Crippen LogP contribution in [0.5, 0.6) is 5.75 Å². The van der Waals surface area contributed by atoms with Gasteiger partial charge in [0.15, 0.2) is 0 Å². The Kier molecular flexibility index (Phi) is 6.50. The Morgan fingerprint density at radius 3 is 2.55 bits per heavy atom. The lowest BCUT2D eigenvalue weighted by Gasteiger charge is -2.16. The van der Waals surface area contributed by atoms with Crippen LogP contribution < -0.4 is 15.4 Å². The Bertz CT molecular complexity index is 982. The van der Waals surface area contributed by atoms with Gasteiger partial charge in [0, 0.05) is 24.6 Å². The third kappa shape index (κ3) is 5.13. The molecule has 2 N–H and O–H groups in total. The number of nitrogens with one attached hydrogen (secondary N) is 2. The first-order valence-corrected chi connectivity index (χ1v) is 9.70. The van der Waals surface area contributed by atoms with Gasteiger partial charge in [-0.1, -0.05) is 44.2 Å². The van der Waals surface area contributed by atoms with E-state index in [1.807, 2.05) is 49.4 Å². The third-order valence-corrected chi connectivity index (χ3v) is 4.82. The highest BCUT2D eigenvalue weighted by molar-refractivity contribution is 6.05. The summed E-state index contributed by atoms with van der Waals surface area (Å²) >= 11 is 0. The first-order valence-electron chi connectivity index (χ1n) is 9.70. The van der Waals surface area contributed by atoms with Crippen molar-refractivity contribution >= 4 is 17.3 Å². The van der Waals surface area contributed by atoms with Crippen molar-refractivity contribution in [3.63, 3.8) is 0 Å². The van der Waals surface area contributed by atoms with Gasteiger partial charge in [0.25, 0.3) is 5.91 Å². The topological polar surface area (TPSA) is 63.2 Å². The molecule has 150 valence electrons. The standard InChI is InChI=1S/C24H27N3O2/c1-16(2)22-7-5-6-17(3)23(22)27-24(28)19-12-20(15-25-14-19)26-13-18-8-10-21(29-4)11-9-18/h5-12,14-16,26H,13H2,1-4H3,(H,27,28). The number of amides is 1. The molecule has 0 radical (unpaired) electrons. The summed E-state index contributed by atoms with van der Waals surface area (Å²) < 4.78 is 5.18. The van der Waals surface area contributed by atoms with Crippen LogP contribution in [0.25, 0.3) is 0 Å². The molecule has 0 aliphatic heterocycles. The van der Waals surface area contributed by atoms with Gasteiger partial charge in [-0.15, -0.1) is 0 Å². The van der Waals surface area contributed by atoms with Crippen LogP contribution in [0.1, 0.15) is 46.8 Å². The number of anilines is 2. The van der Waals surface area contributed by atoms with E-state index in [-0.39, 0.29) is 5.91 Å². The number of nitrogens with zero attached hydrogens (tertiary/aromatic N) is 1. The molecular formula is C24H27N3O2. The number of benzene rings is 2. The van der Waals surface area contributed by atoms with Crippen molar-refractivity contribution in [2.45, 2.75) is 33.2 Å². The lowest BCUT2D eigenvalue weighted by Crippen LogP contribution is -2.15. The number of hydrogen-bond donors (Lipinski definition) is 2. The van der Waals surface area contributed by atoms with Crippen LogP contribution >= 0.6 is 0 Å². The van der Waals surface area contributed by atoms with Crippen LogP contribution in [0.15, 0.2) is 60.9 Å². The second-order valence-electron chi connectivity index (χ2n) is 7.31. The van der Waals surface area contributed by atoms with Crippen LogP contribution in [0.2, 0.25) is 0 Å². The van der Waals surface area contributed by atoms with Crippen LogP contribution in [0, 0.1) is 6.92 Å². The Balaban J connectivity index is 1.71. The Labute approximate surface area is 172 Å². The number of methoxy groups -OCH3 is 1. The highest BCUT2D eigenvalue weighted by Gasteiger charge is 2.14. The minimum absolute atomic E-state index is 0.165. The number of aromatic nitrogens is 1. The summed E-state index contributed by atoms with van der Waals surface area (Å²) in [5.74, 6) is 0.980. The molecule has 0 atom stereocenters. The predicted molar refractivity (Wildman–Crippen MR) is 118 cm³/mol. The summed E-state index contributed by atoms with van der Waals surface area (Å²) in [4.78, 5) is 17.1. The third-order valence-electron chi connectivity index (χ3n) is 4.82. The van der Waals surface area contributed by atoms with Crippen LogP contribution in [0.4, 0.5) is 11.4 Å². The summed E-state index contributed by atoms with van der Waals surface area (Å²) in [6.45, 7) is 6.88. The van der Waals surface area contributed by atoms with Gasteiger partial charge in [-0.25, -0.2) is 0 Å². The highest BCUT2D eigenvalue weighted by atomic mass is 16.5. The highest BCUT2D eigenvalue weighted by Crippen LogP contribution is 2.28. The van der Waals surface area contributed by atoms with Gasteiger partial charge in [-0.3, -0.25) is 9.78 Å². The molecule has 2 aromatic carbocycles. The van der Waals surface area contributed by atoms with E-state index in [2.05, 4.69) is 35.5 Å². The van der Waals surface area contributed by atoms with E-state index in [4.69, 9.17) is 4.74 Å². The molecule has 1 amide bonds. The maximum atomic E-state index is 12.8. The number of hydrogen-bond acceptors (Lipinski definition) is 4. The first-order chi connectivity index (χ1) is 14.0. The van der Waals surface area contributed by atoms with Gasteiger partial charge >= 0.3 is 0 Å². The van der Waals surface area contributed by atoms with Crippen molar-refractivity contribution in [1.29, 1.82) is 0 Å². The molecule has 0 saturated carbocycles. The minimum Gasteiger partial charge on any atom is -0.497 e. The lowest BCUT2D eigenvalue weighted by atomic mass is 9.98. The maximum Gasteiger partial charge on any atom is 0.257 e. The van der Waals surface area contributed by atoms with E-state index in [0.29, 0.717) is 18.0 Å². The monoisotopic (exact) mass is 389 g/mol. The molecule has 0 aliphatic carbocycles. The van der Waals surface area contributed by atoms with Gasteiger partial charge < -0.3 is 15.4 Å². The molecule has 0 aliphatic rings. The quantitative estimate of drug-likeness (QED) is 0.569. The first kappa shape index (κ1) is 20.4. The van der Waals surface area contributed by atoms with Gasteiger partial charge in [-0.2, -0.15) is 0 Å². The summed E-state index contributed by atoms with van der Waals surface area (Å²) in [6.07, 6.45) is 3.30. The van der Waals surface area contributed by atoms with Gasteiger partial charge in [0.2, 0.25) is 0 Å². The number of ether oxygens (including phenoxy) is 1. The molecule has 3 rings (SSSR count). The van der Waals surface area contributed by atoms with Crippen molar-refractivity contribution in [3.8, 4) is 5.75 Å². The van der Waals surface area contributed by atoms with Crippen molar-refractivity contribution in [1.82, 2.24) is 4.98 Å². The van der Waals surface area contributed by atoms with Crippen LogP contribution in [0.3, 0.4) is 0 Å². The second kappa shape index (κ2) is 9.24. The van der Waals surface area contributed by atoms with E-state index >= 15 is 0 Å². The Hall–Kier alpha value is -3.34. The van der Waals surface area contributed by atoms with E-state index in [0.717, 1.165) is 33.8 Å². The van der Waals surface area contributed by atoms with E-state index in [1.165, 1.54) is 0 Å². The summed E-state index contributed by atoms with van der Waals surface area (Å²) in [5, 5.41) is 6.38. The molecule has 29 heavy (non-hydrogen) atoms. The summed E-state index contributed by atoms with van der Waals surface area (Å²) in [7, 11) is 1.65. The average Bonchev–Trinajstić information content (AvgIpc) is 2.74. The van der Waals surface area contributed by atoms with Gasteiger partial charge in [-0.05, 0) is 47.7 Å². The number of pyridine rings is 1. The minimum atomic E-state index is -0.165. The molecule has 5 heteroatoms. The zero-order valence-electron chi connectivity index (χ0n) is 17.3. The van der Waals surface area contributed by atoms with E-state index < -0.39 is 0 Å². The Morgan fingerprint density at radius 2 is 1.86 bits per heavy atom. The van der Waals surface area contributed by atoms with Crippen molar-refractivity contribution in [3.05, 3.63) is 83.2 Å². The van der Waals surface area contributed by atoms with E-state index in [9.17, 15) is 4.79 Å². The van der Waals surface area contributed by atoms with Crippen LogP contribution in [-0.2, 0) is 6.54 Å². The van der Waals surface area contributed by atoms with Crippen molar-refractivity contribution in [2.24, 2.45) is 0 Å². The SMILES string of the molecule is COc1ccc(CNc2cncc(C(=O)Nc3c(C)cccc3C(C)C)c2)cc1. The molecule has 0 fully saturated rings. The summed E-state index contributed by atoms with van der Waals surface area (Å²) in [5.41, 5.74) is 5.47. The van der Waals surface area contributed by atoms with E-state index in [1.54, 1.807) is 19.5 Å². The number of rotatable bonds is 7. The number of para-hydroxylation sites is 1. The predicted octanol–water partition coefficient (Wildman–Crippen LogP) is 5.39. The molecule has 0 bridgehead atoms. The maximum absolute atomic E-state index is 12.8. The number of carbonyl (C=O) groups is 1. The van der Waals surface area contributed by atoms with Gasteiger partial charge in [0.05, 0.1) is 18.4 Å². The Morgan fingerprint density at radius 1 is 1.10 bits per heavy atom. The molecule has 1 aromatic heterocycles. The van der Waals surface area contributed by atoms with Crippen molar-refractivity contribution in [2.75, 3.05) is 17.7 Å². The number of carbonyl (C=O) groups excluding carboxylic acids is 1. The fourth-order valence-electron chi connectivity index (χ4n) is 3.14. The molecule has 1 heterocycles. The largest absolute Gasteiger partial charge is 0.497 e. The lowest BCUT2D eigenvalue weighted by molar-refractivity contribution is 0.102. The normalized spacial score (nSPS) is 10.7. The summed E-state index contributed by atoms with van der Waals surface area (Å²) in [6, 6.07) is 15.7. The fourth-order valence-corrected chi connectivity index (χ4v) is 3.14. The van der Waals surface area contributed by atoms with Crippen molar-refractivity contribution < 1.29 is 9.53 Å². The van der Waals surface area contributed by atoms with Gasteiger partial charge in [0.1, 0.15) is 5.75 Å². The molecule has 3 aromatic rings. The fraction of sp³-hybridized carbons (Fsp3) is 0.250. The zero-order valence-corrected chi connectivity index (χ0v) is 17.3. The molecule has 0 saturated heterocycles. The molecule has 0 unspecified atom stereocenters. The molecule has 0 spiro atoms. The second-order valence-corrected chi connectivity index (χ2v) is 7.31. The molecule has 5 nitrogen and oxygen atoms in total. The zero-order chi connectivity index (χ0) is 20.8. The average molecular weight is 389 g/mol. The molecular weight excluding hydrogens is 362 g/mol.